The van der Waals surface area contributed by atoms with Gasteiger partial charge in [-0.25, -0.2) is 0 Å². The highest BCUT2D eigenvalue weighted by atomic mass is 16.5. The van der Waals surface area contributed by atoms with Crippen LogP contribution >= 0.6 is 0 Å². The number of hydrogen-bond acceptors (Lipinski definition) is 3. The second-order valence-corrected chi connectivity index (χ2v) is 5.30. The van der Waals surface area contributed by atoms with E-state index in [2.05, 4.69) is 6.92 Å². The van der Waals surface area contributed by atoms with Crippen LogP contribution in [0, 0.1) is 23.2 Å². The van der Waals surface area contributed by atoms with Gasteiger partial charge in [0, 0.05) is 12.3 Å². The molecule has 3 aliphatic rings. The first-order chi connectivity index (χ1) is 6.99. The quantitative estimate of drug-likeness (QED) is 0.620. The van der Waals surface area contributed by atoms with Crippen molar-refractivity contribution in [1.82, 2.24) is 0 Å². The van der Waals surface area contributed by atoms with Crippen LogP contribution in [0.1, 0.15) is 33.1 Å². The Labute approximate surface area is 90.2 Å². The minimum atomic E-state index is -0.154. The van der Waals surface area contributed by atoms with E-state index in [1.807, 2.05) is 6.92 Å². The summed E-state index contributed by atoms with van der Waals surface area (Å²) < 4.78 is 4.86. The number of fused-ring (bicyclic) bond motifs is 3. The summed E-state index contributed by atoms with van der Waals surface area (Å²) in [6.07, 6.45) is 2.49. The summed E-state index contributed by atoms with van der Waals surface area (Å²) in [6.45, 7) is 4.07. The zero-order chi connectivity index (χ0) is 11.2. The zero-order valence-electron chi connectivity index (χ0n) is 9.58. The number of methoxy groups -OCH3 is 1. The van der Waals surface area contributed by atoms with Crippen molar-refractivity contribution in [2.24, 2.45) is 23.2 Å². The third-order valence-corrected chi connectivity index (χ3v) is 4.38. The summed E-state index contributed by atoms with van der Waals surface area (Å²) in [5, 5.41) is 0. The standard InChI is InChI=1S/C12H18O3/c1-7-8-4-5-12(2,6-9(8)13)10(7)11(14)15-3/h7-8,10H,4-6H2,1-3H3/t7-,8+,10-,12-/m0/s1. The number of esters is 1. The molecule has 2 bridgehead atoms. The minimum absolute atomic E-state index is 0.0843. The summed E-state index contributed by atoms with van der Waals surface area (Å²) in [7, 11) is 1.43. The van der Waals surface area contributed by atoms with E-state index in [1.54, 1.807) is 0 Å². The second-order valence-electron chi connectivity index (χ2n) is 5.30. The molecule has 0 aromatic rings. The zero-order valence-corrected chi connectivity index (χ0v) is 9.58. The summed E-state index contributed by atoms with van der Waals surface area (Å²) >= 11 is 0. The molecular weight excluding hydrogens is 192 g/mol. The van der Waals surface area contributed by atoms with Gasteiger partial charge in [0.15, 0.2) is 0 Å². The van der Waals surface area contributed by atoms with Gasteiger partial charge in [-0.2, -0.15) is 0 Å². The minimum Gasteiger partial charge on any atom is -0.469 e. The lowest BCUT2D eigenvalue weighted by molar-refractivity contribution is -0.166. The van der Waals surface area contributed by atoms with Crippen molar-refractivity contribution in [2.45, 2.75) is 33.1 Å². The number of ketones is 1. The molecule has 0 N–H and O–H groups in total. The van der Waals surface area contributed by atoms with Crippen LogP contribution in [0.15, 0.2) is 0 Å². The summed E-state index contributed by atoms with van der Waals surface area (Å²) in [5.74, 6) is 0.367. The van der Waals surface area contributed by atoms with Gasteiger partial charge < -0.3 is 4.74 Å². The highest BCUT2D eigenvalue weighted by Gasteiger charge is 2.56. The van der Waals surface area contributed by atoms with E-state index in [1.165, 1.54) is 7.11 Å². The van der Waals surface area contributed by atoms with Gasteiger partial charge in [-0.3, -0.25) is 9.59 Å². The molecule has 0 amide bonds. The first-order valence-corrected chi connectivity index (χ1v) is 5.60. The van der Waals surface area contributed by atoms with Gasteiger partial charge in [0.05, 0.1) is 13.0 Å². The van der Waals surface area contributed by atoms with Crippen molar-refractivity contribution in [3.63, 3.8) is 0 Å². The maximum Gasteiger partial charge on any atom is 0.309 e. The maximum atomic E-state index is 11.8. The monoisotopic (exact) mass is 210 g/mol. The molecule has 0 saturated heterocycles. The molecule has 0 aliphatic heterocycles. The van der Waals surface area contributed by atoms with Crippen molar-refractivity contribution >= 4 is 11.8 Å². The molecular formula is C12H18O3. The smallest absolute Gasteiger partial charge is 0.309 e. The molecule has 3 nitrogen and oxygen atoms in total. The Morgan fingerprint density at radius 3 is 2.67 bits per heavy atom. The van der Waals surface area contributed by atoms with Crippen molar-refractivity contribution in [3.8, 4) is 0 Å². The maximum absolute atomic E-state index is 11.8. The molecule has 84 valence electrons. The van der Waals surface area contributed by atoms with Crippen molar-refractivity contribution < 1.29 is 14.3 Å². The number of hydrogen-bond donors (Lipinski definition) is 0. The van der Waals surface area contributed by atoms with E-state index < -0.39 is 0 Å². The number of carbonyl (C=O) groups is 2. The van der Waals surface area contributed by atoms with Gasteiger partial charge in [-0.15, -0.1) is 0 Å². The van der Waals surface area contributed by atoms with E-state index in [9.17, 15) is 9.59 Å². The van der Waals surface area contributed by atoms with Crippen molar-refractivity contribution in [1.29, 1.82) is 0 Å². The highest BCUT2D eigenvalue weighted by molar-refractivity contribution is 5.87. The second kappa shape index (κ2) is 3.32. The van der Waals surface area contributed by atoms with Crippen LogP contribution in [-0.2, 0) is 14.3 Å². The molecule has 15 heavy (non-hydrogen) atoms. The van der Waals surface area contributed by atoms with Crippen LogP contribution in [0.3, 0.4) is 0 Å². The molecule has 0 spiro atoms. The predicted octanol–water partition coefficient (Wildman–Crippen LogP) is 1.80. The third kappa shape index (κ3) is 1.40. The van der Waals surface area contributed by atoms with Gasteiger partial charge in [0.2, 0.25) is 0 Å². The van der Waals surface area contributed by atoms with E-state index in [4.69, 9.17) is 4.74 Å². The number of carbonyl (C=O) groups excluding carboxylic acids is 2. The van der Waals surface area contributed by atoms with Gasteiger partial charge in [0.25, 0.3) is 0 Å². The average molecular weight is 210 g/mol. The van der Waals surface area contributed by atoms with Gasteiger partial charge >= 0.3 is 5.97 Å². The Kier molecular flexibility index (Phi) is 2.36. The Bertz CT molecular complexity index is 310. The molecule has 0 radical (unpaired) electrons. The van der Waals surface area contributed by atoms with Crippen LogP contribution < -0.4 is 0 Å². The van der Waals surface area contributed by atoms with Gasteiger partial charge in [0.1, 0.15) is 5.78 Å². The van der Waals surface area contributed by atoms with Crippen LogP contribution in [0.25, 0.3) is 0 Å². The fourth-order valence-electron chi connectivity index (χ4n) is 3.58. The fourth-order valence-corrected chi connectivity index (χ4v) is 3.58. The molecule has 0 unspecified atom stereocenters. The predicted molar refractivity (Wildman–Crippen MR) is 55.1 cm³/mol. The van der Waals surface area contributed by atoms with Crippen molar-refractivity contribution in [3.05, 3.63) is 0 Å². The highest BCUT2D eigenvalue weighted by Crippen LogP contribution is 2.55. The SMILES string of the molecule is COC(=O)[C@@H]1[C@@H](C)[C@H]2CC[C@@]1(C)CC2=O. The Morgan fingerprint density at radius 1 is 1.53 bits per heavy atom. The lowest BCUT2D eigenvalue weighted by atomic mass is 9.51. The van der Waals surface area contributed by atoms with E-state index in [-0.39, 0.29) is 29.1 Å². The first kappa shape index (κ1) is 10.7. The largest absolute Gasteiger partial charge is 0.469 e. The van der Waals surface area contributed by atoms with E-state index in [0.717, 1.165) is 12.8 Å². The van der Waals surface area contributed by atoms with Gasteiger partial charge in [-0.05, 0) is 24.2 Å². The van der Waals surface area contributed by atoms with Crippen LogP contribution in [0.4, 0.5) is 0 Å². The lowest BCUT2D eigenvalue weighted by Gasteiger charge is -2.51. The average Bonchev–Trinajstić information content (AvgIpc) is 2.15. The molecule has 3 fully saturated rings. The molecule has 0 aromatic heterocycles. The molecule has 4 atom stereocenters. The Hall–Kier alpha value is -0.860. The third-order valence-electron chi connectivity index (χ3n) is 4.38. The van der Waals surface area contributed by atoms with Crippen molar-refractivity contribution in [2.75, 3.05) is 7.11 Å². The Morgan fingerprint density at radius 2 is 2.20 bits per heavy atom. The van der Waals surface area contributed by atoms with E-state index >= 15 is 0 Å². The summed E-state index contributed by atoms with van der Waals surface area (Å²) in [5.41, 5.74) is -0.154. The number of rotatable bonds is 1. The molecule has 3 aliphatic carbocycles. The fraction of sp³-hybridized carbons (Fsp3) is 0.833. The van der Waals surface area contributed by atoms with Crippen LogP contribution in [-0.4, -0.2) is 18.9 Å². The normalized spacial score (nSPS) is 44.2. The number of Topliss-reactive ketones (excluding diaryl/α,β-unsaturated/α-hetero) is 1. The molecule has 3 heteroatoms. The van der Waals surface area contributed by atoms with Gasteiger partial charge in [-0.1, -0.05) is 13.8 Å². The van der Waals surface area contributed by atoms with Crippen LogP contribution in [0.5, 0.6) is 0 Å². The first-order valence-electron chi connectivity index (χ1n) is 5.60. The molecule has 3 saturated carbocycles. The topological polar surface area (TPSA) is 43.4 Å². The molecule has 3 rings (SSSR count). The lowest BCUT2D eigenvalue weighted by Crippen LogP contribution is -2.53. The van der Waals surface area contributed by atoms with Crippen LogP contribution in [0.2, 0.25) is 0 Å². The number of ether oxygens (including phenoxy) is 1. The summed E-state index contributed by atoms with van der Waals surface area (Å²) in [6, 6.07) is 0. The Balaban J connectivity index is 2.33. The summed E-state index contributed by atoms with van der Waals surface area (Å²) in [4.78, 5) is 23.5. The van der Waals surface area contributed by atoms with E-state index in [0.29, 0.717) is 12.2 Å². The molecule has 0 heterocycles. The molecule has 0 aromatic carbocycles.